The average molecular weight is 447 g/mol. The number of methoxy groups -OCH3 is 1. The minimum absolute atomic E-state index is 0.125. The molecule has 33 heavy (non-hydrogen) atoms. The van der Waals surface area contributed by atoms with Crippen molar-refractivity contribution in [1.82, 2.24) is 4.90 Å². The first-order valence-electron chi connectivity index (χ1n) is 11.0. The highest BCUT2D eigenvalue weighted by molar-refractivity contribution is 5.96. The molecule has 1 aliphatic heterocycles. The van der Waals surface area contributed by atoms with Crippen molar-refractivity contribution in [3.63, 3.8) is 0 Å². The van der Waals surface area contributed by atoms with Crippen molar-refractivity contribution in [2.24, 2.45) is 5.92 Å². The van der Waals surface area contributed by atoms with Crippen molar-refractivity contribution in [2.75, 3.05) is 19.0 Å². The number of hydrogen-bond donors (Lipinski definition) is 1. The summed E-state index contributed by atoms with van der Waals surface area (Å²) >= 11 is 0. The first-order valence-corrected chi connectivity index (χ1v) is 11.0. The molecular weight excluding hydrogens is 419 g/mol. The van der Waals surface area contributed by atoms with Crippen molar-refractivity contribution in [3.05, 3.63) is 95.3 Å². The van der Waals surface area contributed by atoms with Crippen LogP contribution in [0.5, 0.6) is 5.75 Å². The molecule has 170 valence electrons. The predicted molar refractivity (Wildman–Crippen MR) is 126 cm³/mol. The SMILES string of the molecule is COc1ccc(NC(=O)C2CCC(c3cccc(C)c3)N(C(=O)c3ccc(F)cc3)C2)cc1. The summed E-state index contributed by atoms with van der Waals surface area (Å²) in [7, 11) is 1.59. The number of benzene rings is 3. The average Bonchev–Trinajstić information content (AvgIpc) is 2.84. The van der Waals surface area contributed by atoms with E-state index in [0.29, 0.717) is 29.8 Å². The van der Waals surface area contributed by atoms with Crippen LogP contribution in [0, 0.1) is 18.7 Å². The molecule has 2 amide bonds. The van der Waals surface area contributed by atoms with Crippen LogP contribution >= 0.6 is 0 Å². The Kier molecular flexibility index (Phi) is 6.73. The van der Waals surface area contributed by atoms with Gasteiger partial charge in [0.2, 0.25) is 5.91 Å². The summed E-state index contributed by atoms with van der Waals surface area (Å²) in [5.41, 5.74) is 3.24. The van der Waals surface area contributed by atoms with E-state index in [4.69, 9.17) is 4.74 Å². The molecule has 3 aromatic carbocycles. The van der Waals surface area contributed by atoms with Crippen LogP contribution in [0.1, 0.15) is 40.4 Å². The highest BCUT2D eigenvalue weighted by Gasteiger charge is 2.36. The third-order valence-corrected chi connectivity index (χ3v) is 6.09. The van der Waals surface area contributed by atoms with Gasteiger partial charge >= 0.3 is 0 Å². The zero-order chi connectivity index (χ0) is 23.4. The van der Waals surface area contributed by atoms with E-state index in [2.05, 4.69) is 11.4 Å². The Morgan fingerprint density at radius 1 is 1.00 bits per heavy atom. The van der Waals surface area contributed by atoms with E-state index in [1.165, 1.54) is 24.3 Å². The molecule has 1 saturated heterocycles. The normalized spacial score (nSPS) is 18.0. The molecule has 0 spiro atoms. The summed E-state index contributed by atoms with van der Waals surface area (Å²) in [6.07, 6.45) is 1.32. The van der Waals surface area contributed by atoms with Gasteiger partial charge in [-0.05, 0) is 73.9 Å². The highest BCUT2D eigenvalue weighted by Crippen LogP contribution is 2.35. The number of carbonyl (C=O) groups is 2. The number of ether oxygens (including phenoxy) is 1. The van der Waals surface area contributed by atoms with E-state index in [1.54, 1.807) is 36.3 Å². The number of halogens is 1. The predicted octanol–water partition coefficient (Wildman–Crippen LogP) is 5.37. The van der Waals surface area contributed by atoms with Crippen LogP contribution in [0.4, 0.5) is 10.1 Å². The summed E-state index contributed by atoms with van der Waals surface area (Å²) in [6.45, 7) is 2.31. The molecule has 0 radical (unpaired) electrons. The van der Waals surface area contributed by atoms with Gasteiger partial charge in [-0.25, -0.2) is 4.39 Å². The van der Waals surface area contributed by atoms with E-state index in [1.807, 2.05) is 25.1 Å². The van der Waals surface area contributed by atoms with E-state index < -0.39 is 5.82 Å². The summed E-state index contributed by atoms with van der Waals surface area (Å²) in [5, 5.41) is 2.95. The van der Waals surface area contributed by atoms with Gasteiger partial charge in [0.05, 0.1) is 19.1 Å². The number of amides is 2. The fourth-order valence-electron chi connectivity index (χ4n) is 4.31. The molecule has 0 bridgehead atoms. The first kappa shape index (κ1) is 22.5. The Morgan fingerprint density at radius 2 is 1.73 bits per heavy atom. The maximum absolute atomic E-state index is 13.4. The molecule has 1 fully saturated rings. The molecule has 2 unspecified atom stereocenters. The quantitative estimate of drug-likeness (QED) is 0.573. The minimum Gasteiger partial charge on any atom is -0.497 e. The van der Waals surface area contributed by atoms with Crippen molar-refractivity contribution >= 4 is 17.5 Å². The molecule has 1 aliphatic rings. The zero-order valence-corrected chi connectivity index (χ0v) is 18.8. The molecule has 4 rings (SSSR count). The van der Waals surface area contributed by atoms with E-state index in [-0.39, 0.29) is 30.3 Å². The molecule has 1 heterocycles. The van der Waals surface area contributed by atoms with Gasteiger partial charge in [-0.3, -0.25) is 9.59 Å². The summed E-state index contributed by atoms with van der Waals surface area (Å²) < 4.78 is 18.6. The number of carbonyl (C=O) groups excluding carboxylic acids is 2. The van der Waals surface area contributed by atoms with Crippen LogP contribution < -0.4 is 10.1 Å². The third-order valence-electron chi connectivity index (χ3n) is 6.09. The minimum atomic E-state index is -0.392. The van der Waals surface area contributed by atoms with Gasteiger partial charge in [0, 0.05) is 17.8 Å². The summed E-state index contributed by atoms with van der Waals surface area (Å²) in [5.74, 6) is -0.360. The zero-order valence-electron chi connectivity index (χ0n) is 18.8. The molecule has 3 aromatic rings. The van der Waals surface area contributed by atoms with Gasteiger partial charge in [-0.15, -0.1) is 0 Å². The van der Waals surface area contributed by atoms with Crippen LogP contribution in [0.25, 0.3) is 0 Å². The van der Waals surface area contributed by atoms with Crippen LogP contribution in [0.3, 0.4) is 0 Å². The number of nitrogens with one attached hydrogen (secondary N) is 1. The lowest BCUT2D eigenvalue weighted by atomic mass is 9.87. The Morgan fingerprint density at radius 3 is 2.39 bits per heavy atom. The second-order valence-corrected chi connectivity index (χ2v) is 8.39. The lowest BCUT2D eigenvalue weighted by Gasteiger charge is -2.39. The van der Waals surface area contributed by atoms with Crippen molar-refractivity contribution in [2.45, 2.75) is 25.8 Å². The highest BCUT2D eigenvalue weighted by atomic mass is 19.1. The number of piperidine rings is 1. The molecule has 2 atom stereocenters. The largest absolute Gasteiger partial charge is 0.497 e. The molecule has 0 aliphatic carbocycles. The van der Waals surface area contributed by atoms with Gasteiger partial charge in [0.15, 0.2) is 0 Å². The maximum atomic E-state index is 13.4. The number of anilines is 1. The van der Waals surface area contributed by atoms with Gasteiger partial charge in [-0.1, -0.05) is 29.8 Å². The first-order chi connectivity index (χ1) is 15.9. The van der Waals surface area contributed by atoms with E-state index >= 15 is 0 Å². The van der Waals surface area contributed by atoms with Crippen LogP contribution in [0.2, 0.25) is 0 Å². The van der Waals surface area contributed by atoms with Crippen molar-refractivity contribution in [3.8, 4) is 5.75 Å². The number of likely N-dealkylation sites (tertiary alicyclic amines) is 1. The summed E-state index contributed by atoms with van der Waals surface area (Å²) in [4.78, 5) is 28.2. The molecule has 0 saturated carbocycles. The van der Waals surface area contributed by atoms with Crippen LogP contribution in [0.15, 0.2) is 72.8 Å². The number of aryl methyl sites for hydroxylation is 1. The number of hydrogen-bond acceptors (Lipinski definition) is 3. The Bertz CT molecular complexity index is 1130. The molecular formula is C27H27FN2O3. The Labute approximate surface area is 193 Å². The lowest BCUT2D eigenvalue weighted by molar-refractivity contribution is -0.121. The lowest BCUT2D eigenvalue weighted by Crippen LogP contribution is -2.45. The molecule has 6 heteroatoms. The number of rotatable bonds is 5. The monoisotopic (exact) mass is 446 g/mol. The maximum Gasteiger partial charge on any atom is 0.254 e. The van der Waals surface area contributed by atoms with Crippen molar-refractivity contribution in [1.29, 1.82) is 0 Å². The smallest absolute Gasteiger partial charge is 0.254 e. The Hall–Kier alpha value is -3.67. The summed E-state index contributed by atoms with van der Waals surface area (Å²) in [6, 6.07) is 20.6. The van der Waals surface area contributed by atoms with Crippen LogP contribution in [-0.2, 0) is 4.79 Å². The molecule has 5 nitrogen and oxygen atoms in total. The Balaban J connectivity index is 1.56. The second-order valence-electron chi connectivity index (χ2n) is 8.39. The van der Waals surface area contributed by atoms with Gasteiger partial charge in [0.25, 0.3) is 5.91 Å². The van der Waals surface area contributed by atoms with E-state index in [9.17, 15) is 14.0 Å². The van der Waals surface area contributed by atoms with Gasteiger partial charge in [-0.2, -0.15) is 0 Å². The van der Waals surface area contributed by atoms with Gasteiger partial charge < -0.3 is 15.0 Å². The fraction of sp³-hybridized carbons (Fsp3) is 0.259. The number of nitrogens with zero attached hydrogens (tertiary/aromatic N) is 1. The molecule has 0 aromatic heterocycles. The van der Waals surface area contributed by atoms with Crippen molar-refractivity contribution < 1.29 is 18.7 Å². The third kappa shape index (κ3) is 5.22. The standard InChI is InChI=1S/C27H27FN2O3/c1-18-4-3-5-20(16-18)25-15-8-21(26(31)29-23-11-13-24(33-2)14-12-23)17-30(25)27(32)19-6-9-22(28)10-7-19/h3-7,9-14,16,21,25H,8,15,17H2,1-2H3,(H,29,31). The fourth-order valence-corrected chi connectivity index (χ4v) is 4.31. The van der Waals surface area contributed by atoms with Crippen LogP contribution in [-0.4, -0.2) is 30.4 Å². The second kappa shape index (κ2) is 9.86. The topological polar surface area (TPSA) is 58.6 Å². The molecule has 1 N–H and O–H groups in total. The van der Waals surface area contributed by atoms with Gasteiger partial charge in [0.1, 0.15) is 11.6 Å². The van der Waals surface area contributed by atoms with E-state index in [0.717, 1.165) is 11.1 Å².